The largest absolute Gasteiger partial charge is 0.475 e. The van der Waals surface area contributed by atoms with Crippen molar-refractivity contribution in [3.8, 4) is 5.88 Å². The Morgan fingerprint density at radius 3 is 3.03 bits per heavy atom. The highest BCUT2D eigenvalue weighted by atomic mass is 19.1. The molecule has 1 aromatic rings. The average molecular weight is 478 g/mol. The smallest absolute Gasteiger partial charge is 0.227 e. The van der Waals surface area contributed by atoms with Gasteiger partial charge in [-0.2, -0.15) is 0 Å². The molecule has 1 saturated carbocycles. The predicted octanol–water partition coefficient (Wildman–Crippen LogP) is 0.611. The van der Waals surface area contributed by atoms with Crippen molar-refractivity contribution >= 4 is 5.82 Å². The molecule has 2 saturated heterocycles. The molecule has 5 heterocycles. The van der Waals surface area contributed by atoms with Crippen molar-refractivity contribution in [3.05, 3.63) is 22.6 Å². The number of ether oxygens (including phenoxy) is 2. The van der Waals surface area contributed by atoms with E-state index in [1.54, 1.807) is 0 Å². The van der Waals surface area contributed by atoms with Crippen LogP contribution in [0.2, 0.25) is 1.41 Å². The molecular formula is C24H34F2N6O2. The van der Waals surface area contributed by atoms with Gasteiger partial charge in [-0.1, -0.05) is 0 Å². The highest BCUT2D eigenvalue weighted by Gasteiger charge is 2.51. The third kappa shape index (κ3) is 3.40. The second kappa shape index (κ2) is 8.27. The van der Waals surface area contributed by atoms with E-state index in [9.17, 15) is 4.39 Å². The number of nitrogens with zero attached hydrogens (tertiary/aromatic N) is 4. The normalized spacial score (nSPS) is 32.9. The van der Waals surface area contributed by atoms with Gasteiger partial charge in [0.1, 0.15) is 29.2 Å². The maximum atomic E-state index is 15.1. The van der Waals surface area contributed by atoms with Crippen molar-refractivity contribution in [2.45, 2.75) is 75.1 Å². The van der Waals surface area contributed by atoms with Crippen molar-refractivity contribution in [1.82, 2.24) is 25.4 Å². The van der Waals surface area contributed by atoms with Crippen LogP contribution >= 0.6 is 0 Å². The van der Waals surface area contributed by atoms with E-state index in [4.69, 9.17) is 10.9 Å². The van der Waals surface area contributed by atoms with Crippen molar-refractivity contribution in [1.29, 1.82) is 0 Å². The first-order chi connectivity index (χ1) is 16.9. The number of aromatic nitrogens is 1. The molecule has 3 fully saturated rings. The molecule has 4 atom stereocenters. The van der Waals surface area contributed by atoms with Crippen LogP contribution in [0.5, 0.6) is 5.88 Å². The Hall–Kier alpha value is -2.04. The van der Waals surface area contributed by atoms with Crippen LogP contribution in [0.15, 0.2) is 11.2 Å². The standard InChI is InChI=1S/C24H34F2N6O2/c1-15(10-27-2)32-20-18-19(17(26)11-28-21(18)33-13-23(32)5-3-6-23)29-22(30-20)34-14-24-7-4-8-31(24)12-16(25)9-24/h11,15-16,22,27,30H,3-10,12-14H2,1-2H3/t15?,16-,22?,24+/m1/s1/i/hD. The van der Waals surface area contributed by atoms with Gasteiger partial charge in [-0.25, -0.2) is 18.8 Å². The van der Waals surface area contributed by atoms with Crippen molar-refractivity contribution < 1.29 is 19.7 Å². The number of hydrogen-bond acceptors (Lipinski definition) is 8. The van der Waals surface area contributed by atoms with Gasteiger partial charge in [-0.05, 0) is 52.6 Å². The molecule has 1 aliphatic carbocycles. The summed E-state index contributed by atoms with van der Waals surface area (Å²) in [5.41, 5.74) is -0.668. The molecule has 0 radical (unpaired) electrons. The summed E-state index contributed by atoms with van der Waals surface area (Å²) in [5.74, 6) is 0.262. The van der Waals surface area contributed by atoms with E-state index < -0.39 is 18.3 Å². The van der Waals surface area contributed by atoms with Crippen LogP contribution in [0.4, 0.5) is 8.78 Å². The molecule has 0 bridgehead atoms. The quantitative estimate of drug-likeness (QED) is 0.622. The van der Waals surface area contributed by atoms with Gasteiger partial charge in [0, 0.05) is 31.1 Å². The number of pyridine rings is 1. The van der Waals surface area contributed by atoms with Crippen LogP contribution in [-0.2, 0) is 4.74 Å². The molecule has 2 unspecified atom stereocenters. The first kappa shape index (κ1) is 21.3. The Kier molecular flexibility index (Phi) is 5.17. The lowest BCUT2D eigenvalue weighted by Gasteiger charge is -2.53. The van der Waals surface area contributed by atoms with Crippen molar-refractivity contribution in [2.24, 2.45) is 4.99 Å². The number of halogens is 2. The summed E-state index contributed by atoms with van der Waals surface area (Å²) in [4.78, 5) is 13.2. The lowest BCUT2D eigenvalue weighted by atomic mass is 9.75. The fourth-order valence-electron chi connectivity index (χ4n) is 6.67. The van der Waals surface area contributed by atoms with Gasteiger partial charge in [-0.15, -0.1) is 0 Å². The van der Waals surface area contributed by atoms with Gasteiger partial charge in [-0.3, -0.25) is 4.90 Å². The topological polar surface area (TPSA) is 74.2 Å². The van der Waals surface area contributed by atoms with Gasteiger partial charge in [0.05, 0.1) is 18.3 Å². The van der Waals surface area contributed by atoms with E-state index in [2.05, 4.69) is 32.0 Å². The van der Waals surface area contributed by atoms with Gasteiger partial charge < -0.3 is 25.0 Å². The van der Waals surface area contributed by atoms with Gasteiger partial charge >= 0.3 is 0 Å². The SMILES string of the molecule is [2H]N1C2=c3c(ncc(F)c3=NC1OC[C@@]13CCCN1C[C@H](F)C3)OCC1(CCC1)N2C(C)CNC. The molecule has 2 N–H and O–H groups in total. The van der Waals surface area contributed by atoms with Crippen LogP contribution < -0.4 is 25.9 Å². The van der Waals surface area contributed by atoms with Crippen molar-refractivity contribution in [3.63, 3.8) is 0 Å². The summed E-state index contributed by atoms with van der Waals surface area (Å²) in [7, 11) is 1.90. The minimum absolute atomic E-state index is 0.0126. The third-order valence-corrected chi connectivity index (χ3v) is 8.37. The predicted molar refractivity (Wildman–Crippen MR) is 122 cm³/mol. The molecular weight excluding hydrogens is 442 g/mol. The second-order valence-electron chi connectivity index (χ2n) is 10.6. The van der Waals surface area contributed by atoms with Gasteiger partial charge in [0.25, 0.3) is 0 Å². The summed E-state index contributed by atoms with van der Waals surface area (Å²) >= 11 is 0. The summed E-state index contributed by atoms with van der Waals surface area (Å²) in [6, 6.07) is 0.0126. The number of alkyl halides is 1. The van der Waals surface area contributed by atoms with Crippen LogP contribution in [0, 0.1) is 5.82 Å². The monoisotopic (exact) mass is 477 g/mol. The first-order valence-corrected chi connectivity index (χ1v) is 12.5. The highest BCUT2D eigenvalue weighted by Crippen LogP contribution is 2.43. The number of fused-ring (bicyclic) bond motifs is 1. The summed E-state index contributed by atoms with van der Waals surface area (Å²) in [5, 5.41) is 5.03. The van der Waals surface area contributed by atoms with Crippen LogP contribution in [0.1, 0.15) is 45.4 Å². The van der Waals surface area contributed by atoms with Crippen LogP contribution in [0.25, 0.3) is 5.82 Å². The van der Waals surface area contributed by atoms with Crippen molar-refractivity contribution in [2.75, 3.05) is 39.9 Å². The molecule has 34 heavy (non-hydrogen) atoms. The van der Waals surface area contributed by atoms with Crippen LogP contribution in [0.3, 0.4) is 0 Å². The maximum absolute atomic E-state index is 15.1. The Morgan fingerprint density at radius 1 is 1.41 bits per heavy atom. The van der Waals surface area contributed by atoms with E-state index >= 15 is 4.39 Å². The van der Waals surface area contributed by atoms with E-state index in [0.29, 0.717) is 43.0 Å². The molecule has 1 aromatic heterocycles. The number of rotatable bonds is 6. The molecule has 6 rings (SSSR count). The Labute approximate surface area is 199 Å². The summed E-state index contributed by atoms with van der Waals surface area (Å²) in [6.45, 7) is 4.75. The number of likely N-dealkylation sites (N-methyl/N-ethyl adjacent to an activating group) is 1. The zero-order valence-electron chi connectivity index (χ0n) is 20.9. The Balaban J connectivity index is 1.42. The lowest BCUT2D eigenvalue weighted by molar-refractivity contribution is -0.0330. The summed E-state index contributed by atoms with van der Waals surface area (Å²) in [6.07, 6.45) is 4.41. The molecule has 4 aliphatic heterocycles. The first-order valence-electron chi connectivity index (χ1n) is 12.9. The fraction of sp³-hybridized carbons (Fsp3) is 0.750. The number of hydrogen-bond donors (Lipinski definition) is 2. The molecule has 0 aromatic carbocycles. The molecule has 0 amide bonds. The minimum Gasteiger partial charge on any atom is -0.475 e. The van der Waals surface area contributed by atoms with E-state index in [1.165, 1.54) is 5.31 Å². The van der Waals surface area contributed by atoms with E-state index in [-0.39, 0.29) is 29.1 Å². The number of nitrogens with one attached hydrogen (secondary N) is 2. The molecule has 10 heteroatoms. The minimum atomic E-state index is -1.04. The second-order valence-corrected chi connectivity index (χ2v) is 10.6. The maximum Gasteiger partial charge on any atom is 0.227 e. The van der Waals surface area contributed by atoms with Crippen LogP contribution in [-0.4, -0.2) is 84.3 Å². The molecule has 186 valence electrons. The average Bonchev–Trinajstić information content (AvgIpc) is 3.26. The zero-order valence-corrected chi connectivity index (χ0v) is 19.9. The lowest BCUT2D eigenvalue weighted by Crippen LogP contribution is -2.64. The third-order valence-electron chi connectivity index (χ3n) is 8.37. The highest BCUT2D eigenvalue weighted by molar-refractivity contribution is 5.49. The van der Waals surface area contributed by atoms with E-state index in [1.807, 2.05) is 7.05 Å². The Morgan fingerprint density at radius 2 is 2.26 bits per heavy atom. The van der Waals surface area contributed by atoms with E-state index in [0.717, 1.165) is 44.8 Å². The molecule has 1 spiro atoms. The van der Waals surface area contributed by atoms with Gasteiger partial charge in [0.15, 0.2) is 7.23 Å². The Bertz CT molecular complexity index is 1120. The fourth-order valence-corrected chi connectivity index (χ4v) is 6.67. The molecule has 8 nitrogen and oxygen atoms in total. The summed E-state index contributed by atoms with van der Waals surface area (Å²) < 4.78 is 51.0. The molecule has 5 aliphatic rings. The zero-order chi connectivity index (χ0) is 24.4. The van der Waals surface area contributed by atoms with Gasteiger partial charge in [0.2, 0.25) is 12.2 Å².